The van der Waals surface area contributed by atoms with Crippen LogP contribution in [0.1, 0.15) is 37.4 Å². The molecule has 0 radical (unpaired) electrons. The molecule has 116 valence electrons. The molecule has 1 fully saturated rings. The van der Waals surface area contributed by atoms with Crippen LogP contribution in [0, 0.1) is 6.92 Å². The number of rotatable bonds is 5. The van der Waals surface area contributed by atoms with Gasteiger partial charge in [0.15, 0.2) is 0 Å². The van der Waals surface area contributed by atoms with Crippen molar-refractivity contribution >= 4 is 6.03 Å². The summed E-state index contributed by atoms with van der Waals surface area (Å²) in [7, 11) is 0. The van der Waals surface area contributed by atoms with Crippen molar-refractivity contribution in [3.05, 3.63) is 29.6 Å². The second-order valence-electron chi connectivity index (χ2n) is 5.55. The van der Waals surface area contributed by atoms with Gasteiger partial charge < -0.3 is 15.0 Å². The number of piperidine rings is 1. The summed E-state index contributed by atoms with van der Waals surface area (Å²) in [6, 6.07) is 3.91. The Morgan fingerprint density at radius 2 is 2.43 bits per heavy atom. The molecule has 5 heteroatoms. The van der Waals surface area contributed by atoms with E-state index in [-0.39, 0.29) is 12.1 Å². The van der Waals surface area contributed by atoms with Crippen molar-refractivity contribution in [3.63, 3.8) is 0 Å². The second-order valence-corrected chi connectivity index (χ2v) is 5.55. The molecule has 1 aromatic rings. The van der Waals surface area contributed by atoms with Gasteiger partial charge in [-0.15, -0.1) is 0 Å². The van der Waals surface area contributed by atoms with E-state index in [2.05, 4.69) is 17.2 Å². The second kappa shape index (κ2) is 7.98. The average Bonchev–Trinajstić information content (AvgIpc) is 2.51. The third-order valence-corrected chi connectivity index (χ3v) is 3.63. The van der Waals surface area contributed by atoms with Gasteiger partial charge >= 0.3 is 6.03 Å². The number of aromatic nitrogens is 1. The molecular weight excluding hydrogens is 266 g/mol. The molecule has 0 aromatic carbocycles. The highest BCUT2D eigenvalue weighted by molar-refractivity contribution is 5.74. The van der Waals surface area contributed by atoms with Crippen molar-refractivity contribution in [3.8, 4) is 0 Å². The van der Waals surface area contributed by atoms with E-state index in [1.807, 2.05) is 24.0 Å². The lowest BCUT2D eigenvalue weighted by Crippen LogP contribution is -2.47. The molecule has 5 nitrogen and oxygen atoms in total. The van der Waals surface area contributed by atoms with E-state index in [1.165, 1.54) is 0 Å². The van der Waals surface area contributed by atoms with Crippen LogP contribution in [-0.4, -0.2) is 41.7 Å². The maximum absolute atomic E-state index is 12.2. The summed E-state index contributed by atoms with van der Waals surface area (Å²) in [5, 5.41) is 2.98. The van der Waals surface area contributed by atoms with Crippen LogP contribution in [-0.2, 0) is 11.3 Å². The number of amides is 2. The van der Waals surface area contributed by atoms with E-state index >= 15 is 0 Å². The highest BCUT2D eigenvalue weighted by Crippen LogP contribution is 2.13. The summed E-state index contributed by atoms with van der Waals surface area (Å²) in [4.78, 5) is 18.2. The smallest absolute Gasteiger partial charge is 0.317 e. The number of urea groups is 1. The number of hydrogen-bond acceptors (Lipinski definition) is 3. The Kier molecular flexibility index (Phi) is 5.99. The Hall–Kier alpha value is -1.62. The Balaban J connectivity index is 1.79. The summed E-state index contributed by atoms with van der Waals surface area (Å²) in [6.45, 7) is 6.87. The van der Waals surface area contributed by atoms with Gasteiger partial charge in [0, 0.05) is 38.1 Å². The van der Waals surface area contributed by atoms with Crippen LogP contribution >= 0.6 is 0 Å². The minimum Gasteiger partial charge on any atom is -0.376 e. The number of carbonyl (C=O) groups is 1. The third-order valence-electron chi connectivity index (χ3n) is 3.63. The fourth-order valence-corrected chi connectivity index (χ4v) is 2.55. The van der Waals surface area contributed by atoms with Crippen LogP contribution in [0.5, 0.6) is 0 Å². The number of nitrogens with one attached hydrogen (secondary N) is 1. The van der Waals surface area contributed by atoms with Crippen LogP contribution in [0.25, 0.3) is 0 Å². The maximum Gasteiger partial charge on any atom is 0.317 e. The molecule has 1 saturated heterocycles. The van der Waals surface area contributed by atoms with Crippen LogP contribution in [0.2, 0.25) is 0 Å². The number of ether oxygens (including phenoxy) is 1. The molecule has 0 aliphatic carbocycles. The van der Waals surface area contributed by atoms with Gasteiger partial charge in [-0.2, -0.15) is 0 Å². The summed E-state index contributed by atoms with van der Waals surface area (Å²) in [5.41, 5.74) is 2.04. The maximum atomic E-state index is 12.2. The molecule has 0 bridgehead atoms. The topological polar surface area (TPSA) is 54.5 Å². The van der Waals surface area contributed by atoms with Gasteiger partial charge in [-0.1, -0.05) is 6.92 Å². The van der Waals surface area contributed by atoms with E-state index in [1.54, 1.807) is 6.20 Å². The van der Waals surface area contributed by atoms with E-state index < -0.39 is 0 Å². The van der Waals surface area contributed by atoms with E-state index in [9.17, 15) is 4.79 Å². The Morgan fingerprint density at radius 1 is 1.57 bits per heavy atom. The molecule has 1 aromatic heterocycles. The Morgan fingerprint density at radius 3 is 3.19 bits per heavy atom. The molecule has 21 heavy (non-hydrogen) atoms. The summed E-state index contributed by atoms with van der Waals surface area (Å²) in [5.74, 6) is 0. The lowest BCUT2D eigenvalue weighted by atomic mass is 10.1. The molecular formula is C16H25N3O2. The number of carbonyl (C=O) groups excluding carboxylic acids is 1. The minimum absolute atomic E-state index is 0.00531. The Labute approximate surface area is 126 Å². The Bertz CT molecular complexity index is 465. The number of pyridine rings is 1. The van der Waals surface area contributed by atoms with Gasteiger partial charge in [0.1, 0.15) is 0 Å². The number of likely N-dealkylation sites (tertiary alicyclic amines) is 1. The first-order valence-corrected chi connectivity index (χ1v) is 7.75. The molecule has 1 N–H and O–H groups in total. The highest BCUT2D eigenvalue weighted by atomic mass is 16.5. The molecule has 0 saturated carbocycles. The summed E-state index contributed by atoms with van der Waals surface area (Å²) < 4.78 is 5.76. The summed E-state index contributed by atoms with van der Waals surface area (Å²) in [6.07, 6.45) is 5.03. The molecule has 0 unspecified atom stereocenters. The fourth-order valence-electron chi connectivity index (χ4n) is 2.55. The molecule has 0 spiro atoms. The van der Waals surface area contributed by atoms with Crippen molar-refractivity contribution in [2.75, 3.05) is 19.7 Å². The number of aryl methyl sites for hydroxylation is 1. The van der Waals surface area contributed by atoms with Gasteiger partial charge in [0.2, 0.25) is 0 Å². The quantitative estimate of drug-likeness (QED) is 0.907. The van der Waals surface area contributed by atoms with Crippen LogP contribution in [0.4, 0.5) is 4.79 Å². The number of nitrogens with zero attached hydrogens (tertiary/aromatic N) is 2. The predicted molar refractivity (Wildman–Crippen MR) is 82.0 cm³/mol. The SMILES string of the molecule is CCCO[C@H]1CCCN(C(=O)NCc2ccnc(C)c2)C1. The lowest BCUT2D eigenvalue weighted by molar-refractivity contribution is 0.0100. The zero-order valence-corrected chi connectivity index (χ0v) is 13.0. The van der Waals surface area contributed by atoms with Crippen LogP contribution in [0.15, 0.2) is 18.3 Å². The van der Waals surface area contributed by atoms with Crippen molar-refractivity contribution in [1.82, 2.24) is 15.2 Å². The molecule has 1 atom stereocenters. The molecule has 1 aliphatic heterocycles. The first kappa shape index (κ1) is 15.8. The number of hydrogen-bond donors (Lipinski definition) is 1. The summed E-state index contributed by atoms with van der Waals surface area (Å²) >= 11 is 0. The minimum atomic E-state index is -0.00531. The van der Waals surface area contributed by atoms with Crippen LogP contribution in [0.3, 0.4) is 0 Å². The molecule has 2 rings (SSSR count). The van der Waals surface area contributed by atoms with Crippen molar-refractivity contribution < 1.29 is 9.53 Å². The third kappa shape index (κ3) is 5.01. The van der Waals surface area contributed by atoms with Crippen molar-refractivity contribution in [2.24, 2.45) is 0 Å². The highest BCUT2D eigenvalue weighted by Gasteiger charge is 2.23. The molecule has 2 amide bonds. The molecule has 1 aliphatic rings. The van der Waals surface area contributed by atoms with E-state index in [0.29, 0.717) is 13.1 Å². The zero-order valence-electron chi connectivity index (χ0n) is 13.0. The lowest BCUT2D eigenvalue weighted by Gasteiger charge is -2.32. The van der Waals surface area contributed by atoms with Crippen molar-refractivity contribution in [1.29, 1.82) is 0 Å². The fraction of sp³-hybridized carbons (Fsp3) is 0.625. The largest absolute Gasteiger partial charge is 0.376 e. The van der Waals surface area contributed by atoms with Crippen LogP contribution < -0.4 is 5.32 Å². The molecule has 2 heterocycles. The van der Waals surface area contributed by atoms with Gasteiger partial charge in [-0.05, 0) is 43.9 Å². The van der Waals surface area contributed by atoms with Gasteiger partial charge in [-0.3, -0.25) is 4.98 Å². The standard InChI is InChI=1S/C16H25N3O2/c1-3-9-21-15-5-4-8-19(12-15)16(20)18-11-14-6-7-17-13(2)10-14/h6-7,10,15H,3-5,8-9,11-12H2,1-2H3,(H,18,20)/t15-/m0/s1. The van der Waals surface area contributed by atoms with Gasteiger partial charge in [0.05, 0.1) is 6.10 Å². The zero-order chi connectivity index (χ0) is 15.1. The predicted octanol–water partition coefficient (Wildman–Crippen LogP) is 2.49. The first-order valence-electron chi connectivity index (χ1n) is 7.75. The normalized spacial score (nSPS) is 18.6. The average molecular weight is 291 g/mol. The van der Waals surface area contributed by atoms with Gasteiger partial charge in [0.25, 0.3) is 0 Å². The van der Waals surface area contributed by atoms with Gasteiger partial charge in [-0.25, -0.2) is 4.79 Å². The van der Waals surface area contributed by atoms with E-state index in [0.717, 1.165) is 43.7 Å². The first-order chi connectivity index (χ1) is 10.2. The van der Waals surface area contributed by atoms with E-state index in [4.69, 9.17) is 4.74 Å². The van der Waals surface area contributed by atoms with Crippen molar-refractivity contribution in [2.45, 2.75) is 45.8 Å². The monoisotopic (exact) mass is 291 g/mol.